The Morgan fingerprint density at radius 3 is 2.44 bits per heavy atom. The zero-order chi connectivity index (χ0) is 12.0. The molecule has 1 rings (SSSR count). The maximum atomic E-state index is 11.9. The molecule has 0 N–H and O–H groups in total. The van der Waals surface area contributed by atoms with Gasteiger partial charge in [-0.3, -0.25) is 0 Å². The second kappa shape index (κ2) is 6.62. The number of ether oxygens (including phenoxy) is 3. The highest BCUT2D eigenvalue weighted by atomic mass is 31.1. The van der Waals surface area contributed by atoms with E-state index < -0.39 is 14.0 Å². The SMILES string of the molecule is CCOC(C)(OCC)O[P+](=O)C1CCCO1. The predicted molar refractivity (Wildman–Crippen MR) is 59.3 cm³/mol. The summed E-state index contributed by atoms with van der Waals surface area (Å²) < 4.78 is 33.1. The van der Waals surface area contributed by atoms with Crippen molar-refractivity contribution < 1.29 is 23.3 Å². The lowest BCUT2D eigenvalue weighted by atomic mass is 10.4. The van der Waals surface area contributed by atoms with Crippen molar-refractivity contribution in [2.24, 2.45) is 0 Å². The molecule has 1 aliphatic rings. The molecule has 0 spiro atoms. The molecule has 6 heteroatoms. The van der Waals surface area contributed by atoms with Crippen LogP contribution in [0.25, 0.3) is 0 Å². The molecule has 1 saturated heterocycles. The van der Waals surface area contributed by atoms with Crippen LogP contribution in [-0.4, -0.2) is 31.6 Å². The molecule has 1 heterocycles. The average molecular weight is 251 g/mol. The van der Waals surface area contributed by atoms with Crippen LogP contribution in [0.3, 0.4) is 0 Å². The van der Waals surface area contributed by atoms with E-state index in [-0.39, 0.29) is 5.85 Å². The molecule has 1 aliphatic heterocycles. The number of rotatable bonds is 7. The highest BCUT2D eigenvalue weighted by Crippen LogP contribution is 2.41. The first kappa shape index (κ1) is 14.0. The smallest absolute Gasteiger partial charge is 0.333 e. The topological polar surface area (TPSA) is 54.0 Å². The van der Waals surface area contributed by atoms with Crippen molar-refractivity contribution in [1.29, 1.82) is 0 Å². The van der Waals surface area contributed by atoms with Gasteiger partial charge in [-0.25, -0.2) is 0 Å². The fourth-order valence-electron chi connectivity index (χ4n) is 1.57. The van der Waals surface area contributed by atoms with Crippen molar-refractivity contribution in [3.05, 3.63) is 0 Å². The Balaban J connectivity index is 2.49. The van der Waals surface area contributed by atoms with Crippen LogP contribution in [0.1, 0.15) is 33.6 Å². The van der Waals surface area contributed by atoms with Crippen molar-refractivity contribution in [3.63, 3.8) is 0 Å². The summed E-state index contributed by atoms with van der Waals surface area (Å²) in [7, 11) is -1.91. The van der Waals surface area contributed by atoms with Crippen LogP contribution in [0.5, 0.6) is 0 Å². The van der Waals surface area contributed by atoms with E-state index in [0.717, 1.165) is 12.8 Å². The molecule has 0 aromatic rings. The van der Waals surface area contributed by atoms with E-state index >= 15 is 0 Å². The molecule has 16 heavy (non-hydrogen) atoms. The van der Waals surface area contributed by atoms with Crippen LogP contribution in [0.2, 0.25) is 0 Å². The van der Waals surface area contributed by atoms with E-state index in [4.69, 9.17) is 18.7 Å². The van der Waals surface area contributed by atoms with Crippen LogP contribution in [-0.2, 0) is 23.3 Å². The highest BCUT2D eigenvalue weighted by molar-refractivity contribution is 7.39. The molecular weight excluding hydrogens is 231 g/mol. The standard InChI is InChI=1S/C10H20O5P/c1-4-13-10(3,14-5-2)15-16(11)9-7-6-8-12-9/h9H,4-8H2,1-3H3/q+1. The molecule has 94 valence electrons. The summed E-state index contributed by atoms with van der Waals surface area (Å²) in [5.41, 5.74) is 0. The van der Waals surface area contributed by atoms with Crippen molar-refractivity contribution >= 4 is 8.03 Å². The van der Waals surface area contributed by atoms with E-state index in [9.17, 15) is 4.57 Å². The molecule has 0 amide bonds. The molecule has 1 fully saturated rings. The molecule has 5 nitrogen and oxygen atoms in total. The zero-order valence-electron chi connectivity index (χ0n) is 10.1. The molecule has 0 radical (unpaired) electrons. The fraction of sp³-hybridized carbons (Fsp3) is 1.00. The minimum Gasteiger partial charge on any atom is -0.333 e. The lowest BCUT2D eigenvalue weighted by Gasteiger charge is -2.22. The molecule has 0 aliphatic carbocycles. The third kappa shape index (κ3) is 4.07. The minimum absolute atomic E-state index is 0.324. The van der Waals surface area contributed by atoms with Gasteiger partial charge in [0.1, 0.15) is 0 Å². The Morgan fingerprint density at radius 2 is 2.00 bits per heavy atom. The Labute approximate surface area is 97.3 Å². The molecule has 0 saturated carbocycles. The van der Waals surface area contributed by atoms with Gasteiger partial charge >= 0.3 is 14.0 Å². The third-order valence-electron chi connectivity index (χ3n) is 2.21. The maximum absolute atomic E-state index is 11.9. The first-order chi connectivity index (χ1) is 7.61. The lowest BCUT2D eigenvalue weighted by molar-refractivity contribution is -0.328. The summed E-state index contributed by atoms with van der Waals surface area (Å²) >= 11 is 0. The normalized spacial score (nSPS) is 22.4. The van der Waals surface area contributed by atoms with Gasteiger partial charge in [0.05, 0.1) is 6.61 Å². The molecule has 2 atom stereocenters. The van der Waals surface area contributed by atoms with Gasteiger partial charge in [0.2, 0.25) is 0 Å². The van der Waals surface area contributed by atoms with Gasteiger partial charge in [-0.1, -0.05) is 4.52 Å². The molecule has 0 aromatic heterocycles. The molecule has 0 bridgehead atoms. The molecule has 0 aromatic carbocycles. The Hall–Kier alpha value is -0.0600. The van der Waals surface area contributed by atoms with Gasteiger partial charge in [0.15, 0.2) is 0 Å². The van der Waals surface area contributed by atoms with Crippen LogP contribution < -0.4 is 0 Å². The highest BCUT2D eigenvalue weighted by Gasteiger charge is 2.45. The second-order valence-electron chi connectivity index (χ2n) is 3.57. The quantitative estimate of drug-likeness (QED) is 0.514. The monoisotopic (exact) mass is 251 g/mol. The van der Waals surface area contributed by atoms with Crippen molar-refractivity contribution in [3.8, 4) is 0 Å². The van der Waals surface area contributed by atoms with E-state index in [1.54, 1.807) is 6.92 Å². The van der Waals surface area contributed by atoms with Crippen molar-refractivity contribution in [1.82, 2.24) is 0 Å². The van der Waals surface area contributed by atoms with Gasteiger partial charge in [0, 0.05) is 26.6 Å². The minimum atomic E-state index is -1.91. The summed E-state index contributed by atoms with van der Waals surface area (Å²) in [6.07, 6.45) is 1.69. The first-order valence-electron chi connectivity index (χ1n) is 5.66. The van der Waals surface area contributed by atoms with E-state index in [0.29, 0.717) is 19.8 Å². The maximum Gasteiger partial charge on any atom is 0.546 e. The molecular formula is C10H20O5P+. The third-order valence-corrected chi connectivity index (χ3v) is 3.60. The van der Waals surface area contributed by atoms with E-state index in [1.165, 1.54) is 0 Å². The lowest BCUT2D eigenvalue weighted by Crippen LogP contribution is -2.34. The van der Waals surface area contributed by atoms with Gasteiger partial charge < -0.3 is 14.2 Å². The van der Waals surface area contributed by atoms with Gasteiger partial charge in [0.25, 0.3) is 5.85 Å². The largest absolute Gasteiger partial charge is 0.546 e. The van der Waals surface area contributed by atoms with Gasteiger partial charge in [-0.15, -0.1) is 0 Å². The number of hydrogen-bond donors (Lipinski definition) is 0. The van der Waals surface area contributed by atoms with Gasteiger partial charge in [-0.05, 0) is 24.8 Å². The summed E-state index contributed by atoms with van der Waals surface area (Å²) in [6.45, 7) is 6.81. The van der Waals surface area contributed by atoms with Crippen molar-refractivity contribution in [2.75, 3.05) is 19.8 Å². The van der Waals surface area contributed by atoms with Crippen LogP contribution in [0, 0.1) is 0 Å². The summed E-state index contributed by atoms with van der Waals surface area (Å²) in [5, 5.41) is 0. The van der Waals surface area contributed by atoms with Gasteiger partial charge in [-0.2, -0.15) is 0 Å². The average Bonchev–Trinajstić information content (AvgIpc) is 2.70. The van der Waals surface area contributed by atoms with Crippen LogP contribution in [0.15, 0.2) is 0 Å². The van der Waals surface area contributed by atoms with E-state index in [1.807, 2.05) is 13.8 Å². The second-order valence-corrected chi connectivity index (χ2v) is 4.90. The van der Waals surface area contributed by atoms with Crippen molar-refractivity contribution in [2.45, 2.75) is 45.4 Å². The summed E-state index contributed by atoms with van der Waals surface area (Å²) in [6, 6.07) is 0. The predicted octanol–water partition coefficient (Wildman–Crippen LogP) is 2.63. The Kier molecular flexibility index (Phi) is 5.79. The van der Waals surface area contributed by atoms with Crippen LogP contribution in [0.4, 0.5) is 0 Å². The molecule has 2 unspecified atom stereocenters. The Bertz CT molecular complexity index is 221. The summed E-state index contributed by atoms with van der Waals surface area (Å²) in [4.78, 5) is 0. The first-order valence-corrected chi connectivity index (χ1v) is 6.91. The van der Waals surface area contributed by atoms with Crippen LogP contribution >= 0.6 is 8.03 Å². The van der Waals surface area contributed by atoms with E-state index in [2.05, 4.69) is 0 Å². The fourth-order valence-corrected chi connectivity index (χ4v) is 2.74. The zero-order valence-corrected chi connectivity index (χ0v) is 11.0. The summed E-state index contributed by atoms with van der Waals surface area (Å²) in [5.74, 6) is -1.56. The Morgan fingerprint density at radius 1 is 1.38 bits per heavy atom. The number of hydrogen-bond acceptors (Lipinski definition) is 5.